The molecule has 0 saturated heterocycles. The third kappa shape index (κ3) is 3.22. The molecule has 62 valence electrons. The molecule has 0 heteroatoms. The van der Waals surface area contributed by atoms with Crippen LogP contribution in [0.1, 0.15) is 20.8 Å². The van der Waals surface area contributed by atoms with Crippen molar-refractivity contribution in [2.75, 3.05) is 0 Å². The molecule has 0 aliphatic heterocycles. The molecule has 1 atom stereocenters. The van der Waals surface area contributed by atoms with E-state index in [9.17, 15) is 0 Å². The predicted octanol–water partition coefficient (Wildman–Crippen LogP) is 3.58. The van der Waals surface area contributed by atoms with Gasteiger partial charge in [-0.25, -0.2) is 0 Å². The van der Waals surface area contributed by atoms with Gasteiger partial charge in [0.2, 0.25) is 0 Å². The highest BCUT2D eigenvalue weighted by Gasteiger charge is 2.08. The maximum atomic E-state index is 3.77. The van der Waals surface area contributed by atoms with Crippen LogP contribution in [-0.4, -0.2) is 0 Å². The van der Waals surface area contributed by atoms with Crippen LogP contribution in [0.2, 0.25) is 0 Å². The minimum atomic E-state index is 0.575. The van der Waals surface area contributed by atoms with Crippen LogP contribution in [-0.2, 0) is 0 Å². The van der Waals surface area contributed by atoms with Crippen molar-refractivity contribution >= 4 is 0 Å². The van der Waals surface area contributed by atoms with Gasteiger partial charge < -0.3 is 0 Å². The average molecular weight is 150 g/mol. The summed E-state index contributed by atoms with van der Waals surface area (Å²) in [6.45, 7) is 14.1. The largest absolute Gasteiger partial charge is 0.0991 e. The number of rotatable bonds is 4. The van der Waals surface area contributed by atoms with E-state index in [2.05, 4.69) is 33.9 Å². The Kier molecular flexibility index (Phi) is 4.60. The molecule has 0 aromatic rings. The van der Waals surface area contributed by atoms with Gasteiger partial charge >= 0.3 is 0 Å². The minimum absolute atomic E-state index is 0.575. The molecule has 0 spiro atoms. The summed E-state index contributed by atoms with van der Waals surface area (Å²) in [6.07, 6.45) is 5.75. The van der Waals surface area contributed by atoms with E-state index in [1.165, 1.54) is 5.57 Å². The van der Waals surface area contributed by atoms with Crippen molar-refractivity contribution < 1.29 is 0 Å². The molecular weight excluding hydrogens is 132 g/mol. The topological polar surface area (TPSA) is 0 Å². The van der Waals surface area contributed by atoms with Crippen LogP contribution in [0.4, 0.5) is 0 Å². The van der Waals surface area contributed by atoms with E-state index >= 15 is 0 Å². The van der Waals surface area contributed by atoms with Crippen molar-refractivity contribution in [3.63, 3.8) is 0 Å². The third-order valence-corrected chi connectivity index (χ3v) is 2.07. The first-order chi connectivity index (χ1) is 5.13. The van der Waals surface area contributed by atoms with Crippen molar-refractivity contribution in [3.8, 4) is 0 Å². The van der Waals surface area contributed by atoms with E-state index < -0.39 is 0 Å². The van der Waals surface area contributed by atoms with Crippen LogP contribution >= 0.6 is 0 Å². The lowest BCUT2D eigenvalue weighted by molar-refractivity contribution is 0.488. The summed E-state index contributed by atoms with van der Waals surface area (Å²) in [4.78, 5) is 0. The first kappa shape index (κ1) is 10.2. The smallest absolute Gasteiger partial charge is 0.0168 e. The predicted molar refractivity (Wildman–Crippen MR) is 52.5 cm³/mol. The third-order valence-electron chi connectivity index (χ3n) is 2.07. The molecule has 0 bridgehead atoms. The Morgan fingerprint density at radius 2 is 1.73 bits per heavy atom. The van der Waals surface area contributed by atoms with Crippen molar-refractivity contribution in [2.24, 2.45) is 11.8 Å². The maximum Gasteiger partial charge on any atom is -0.0168 e. The van der Waals surface area contributed by atoms with Crippen LogP contribution in [0.5, 0.6) is 0 Å². The van der Waals surface area contributed by atoms with Crippen LogP contribution in [0.3, 0.4) is 0 Å². The van der Waals surface area contributed by atoms with E-state index in [0.717, 1.165) is 0 Å². The van der Waals surface area contributed by atoms with E-state index in [4.69, 9.17) is 0 Å². The molecule has 0 rings (SSSR count). The van der Waals surface area contributed by atoms with Gasteiger partial charge in [0, 0.05) is 0 Å². The fourth-order valence-corrected chi connectivity index (χ4v) is 0.927. The lowest BCUT2D eigenvalue weighted by Crippen LogP contribution is -2.05. The van der Waals surface area contributed by atoms with Crippen LogP contribution in [0.15, 0.2) is 37.0 Å². The van der Waals surface area contributed by atoms with E-state index in [-0.39, 0.29) is 0 Å². The van der Waals surface area contributed by atoms with Crippen molar-refractivity contribution in [3.05, 3.63) is 37.0 Å². The minimum Gasteiger partial charge on any atom is -0.0991 e. The zero-order valence-corrected chi connectivity index (χ0v) is 7.80. The highest BCUT2D eigenvalue weighted by molar-refractivity contribution is 5.23. The number of hydrogen-bond acceptors (Lipinski definition) is 0. The second-order valence-corrected chi connectivity index (χ2v) is 3.14. The molecule has 0 aromatic heterocycles. The van der Waals surface area contributed by atoms with Gasteiger partial charge in [-0.3, -0.25) is 0 Å². The van der Waals surface area contributed by atoms with Gasteiger partial charge in [-0.2, -0.15) is 0 Å². The van der Waals surface area contributed by atoms with Gasteiger partial charge in [-0.05, 0) is 17.4 Å². The molecule has 0 radical (unpaired) electrons. The summed E-state index contributed by atoms with van der Waals surface area (Å²) < 4.78 is 0. The Morgan fingerprint density at radius 1 is 1.18 bits per heavy atom. The molecule has 0 aromatic carbocycles. The molecule has 0 aliphatic carbocycles. The Labute approximate surface area is 70.3 Å². The lowest BCUT2D eigenvalue weighted by atomic mass is 9.90. The summed E-state index contributed by atoms with van der Waals surface area (Å²) in [5, 5.41) is 0. The standard InChI is InChI=1S/C11H18/c1-6-8-11(7-2)10(5)9(3)4/h6-10H,1-2H2,3-5H3. The molecule has 0 nitrogen and oxygen atoms in total. The van der Waals surface area contributed by atoms with Gasteiger partial charge in [-0.15, -0.1) is 0 Å². The molecule has 11 heavy (non-hydrogen) atoms. The molecule has 1 unspecified atom stereocenters. The van der Waals surface area contributed by atoms with Crippen molar-refractivity contribution in [2.45, 2.75) is 20.8 Å². The summed E-state index contributed by atoms with van der Waals surface area (Å²) in [7, 11) is 0. The van der Waals surface area contributed by atoms with Crippen LogP contribution < -0.4 is 0 Å². The van der Waals surface area contributed by atoms with Gasteiger partial charge in [0.15, 0.2) is 0 Å². The first-order valence-electron chi connectivity index (χ1n) is 4.08. The first-order valence-corrected chi connectivity index (χ1v) is 4.08. The van der Waals surface area contributed by atoms with Crippen molar-refractivity contribution in [1.82, 2.24) is 0 Å². The molecule has 0 aliphatic rings. The SMILES string of the molecule is C=CC=C(C=C)C(C)C(C)C. The molecule has 0 fully saturated rings. The molecule has 0 amide bonds. The summed E-state index contributed by atoms with van der Waals surface area (Å²) in [5.41, 5.74) is 1.27. The highest BCUT2D eigenvalue weighted by Crippen LogP contribution is 2.20. The quantitative estimate of drug-likeness (QED) is 0.537. The second kappa shape index (κ2) is 4.95. The Morgan fingerprint density at radius 3 is 2.00 bits per heavy atom. The number of hydrogen-bond donors (Lipinski definition) is 0. The maximum absolute atomic E-state index is 3.77. The summed E-state index contributed by atoms with van der Waals surface area (Å²) in [5.74, 6) is 1.24. The molecule has 0 N–H and O–H groups in total. The molecular formula is C11H18. The zero-order chi connectivity index (χ0) is 8.85. The van der Waals surface area contributed by atoms with Gasteiger partial charge in [0.05, 0.1) is 0 Å². The second-order valence-electron chi connectivity index (χ2n) is 3.14. The Hall–Kier alpha value is -0.780. The summed E-state index contributed by atoms with van der Waals surface area (Å²) in [6, 6.07) is 0. The Balaban J connectivity index is 4.37. The fraction of sp³-hybridized carbons (Fsp3) is 0.455. The fourth-order valence-electron chi connectivity index (χ4n) is 0.927. The van der Waals surface area contributed by atoms with Gasteiger partial charge in [0.1, 0.15) is 0 Å². The van der Waals surface area contributed by atoms with Gasteiger partial charge in [-0.1, -0.05) is 52.2 Å². The van der Waals surface area contributed by atoms with Crippen LogP contribution in [0, 0.1) is 11.8 Å². The monoisotopic (exact) mass is 150 g/mol. The molecule has 0 saturated carbocycles. The lowest BCUT2D eigenvalue weighted by Gasteiger charge is -2.16. The van der Waals surface area contributed by atoms with Crippen LogP contribution in [0.25, 0.3) is 0 Å². The van der Waals surface area contributed by atoms with E-state index in [1.54, 1.807) is 0 Å². The van der Waals surface area contributed by atoms with Gasteiger partial charge in [0.25, 0.3) is 0 Å². The highest BCUT2D eigenvalue weighted by atomic mass is 14.1. The van der Waals surface area contributed by atoms with Crippen molar-refractivity contribution in [1.29, 1.82) is 0 Å². The normalized spacial score (nSPS) is 14.7. The summed E-state index contributed by atoms with van der Waals surface area (Å²) >= 11 is 0. The average Bonchev–Trinajstić information content (AvgIpc) is 1.98. The van der Waals surface area contributed by atoms with E-state index in [1.807, 2.05) is 18.2 Å². The Bertz CT molecular complexity index is 161. The molecule has 0 heterocycles. The number of allylic oxidation sites excluding steroid dienone is 4. The van der Waals surface area contributed by atoms with E-state index in [0.29, 0.717) is 11.8 Å². The zero-order valence-electron chi connectivity index (χ0n) is 7.80.